The van der Waals surface area contributed by atoms with Gasteiger partial charge in [-0.3, -0.25) is 4.79 Å². The minimum absolute atomic E-state index is 0.0501. The molecule has 2 aromatic heterocycles. The number of alkyl halides is 3. The minimum atomic E-state index is -4.47. The van der Waals surface area contributed by atoms with E-state index < -0.39 is 11.7 Å². The van der Waals surface area contributed by atoms with Gasteiger partial charge in [-0.1, -0.05) is 18.2 Å². The summed E-state index contributed by atoms with van der Waals surface area (Å²) in [5.74, 6) is -0.172. The molecule has 2 heterocycles. The topological polar surface area (TPSA) is 77.4 Å². The Labute approximate surface area is 189 Å². The highest BCUT2D eigenvalue weighted by atomic mass is 19.4. The molecule has 0 saturated carbocycles. The molecule has 0 aliphatic rings. The van der Waals surface area contributed by atoms with Crippen LogP contribution >= 0.6 is 0 Å². The zero-order chi connectivity index (χ0) is 24.0. The maximum atomic E-state index is 13.4. The van der Waals surface area contributed by atoms with Crippen LogP contribution in [0.2, 0.25) is 0 Å². The Morgan fingerprint density at radius 3 is 2.33 bits per heavy atom. The van der Waals surface area contributed by atoms with Crippen molar-refractivity contribution < 1.29 is 27.4 Å². The van der Waals surface area contributed by atoms with Crippen molar-refractivity contribution in [3.8, 4) is 23.0 Å². The molecule has 3 aromatic rings. The molecule has 7 nitrogen and oxygen atoms in total. The molecular weight excluding hydrogens is 437 g/mol. The van der Waals surface area contributed by atoms with Gasteiger partial charge >= 0.3 is 12.2 Å². The van der Waals surface area contributed by atoms with Gasteiger partial charge in [0.2, 0.25) is 5.88 Å². The lowest BCUT2D eigenvalue weighted by Crippen LogP contribution is -2.42. The number of hydrogen-bond acceptors (Lipinski definition) is 6. The molecular formula is C23H23F3N4O3. The molecule has 1 aromatic carbocycles. The molecule has 3 rings (SSSR count). The van der Waals surface area contributed by atoms with Crippen molar-refractivity contribution in [1.29, 1.82) is 0 Å². The fourth-order valence-corrected chi connectivity index (χ4v) is 3.22. The Balaban J connectivity index is 1.74. The van der Waals surface area contributed by atoms with Crippen molar-refractivity contribution in [3.05, 3.63) is 66.1 Å². The zero-order valence-corrected chi connectivity index (χ0v) is 18.3. The average Bonchev–Trinajstić information content (AvgIpc) is 2.83. The molecule has 0 saturated heterocycles. The Bertz CT molecular complexity index is 1070. The van der Waals surface area contributed by atoms with Crippen LogP contribution in [0.5, 0.6) is 11.9 Å². The maximum Gasteiger partial charge on any atom is 0.417 e. The number of pyridine rings is 1. The van der Waals surface area contributed by atoms with Crippen LogP contribution in [0, 0.1) is 0 Å². The summed E-state index contributed by atoms with van der Waals surface area (Å²) in [5.41, 5.74) is 0.940. The molecule has 0 bridgehead atoms. The van der Waals surface area contributed by atoms with Crippen LogP contribution in [-0.4, -0.2) is 52.1 Å². The minimum Gasteiger partial charge on any atom is -0.475 e. The first kappa shape index (κ1) is 24.0. The quantitative estimate of drug-likeness (QED) is 0.493. The van der Waals surface area contributed by atoms with E-state index in [0.29, 0.717) is 23.2 Å². The predicted octanol–water partition coefficient (Wildman–Crippen LogP) is 4.50. The van der Waals surface area contributed by atoms with Crippen LogP contribution in [0.1, 0.15) is 29.8 Å². The van der Waals surface area contributed by atoms with Gasteiger partial charge in [0, 0.05) is 42.3 Å². The summed E-state index contributed by atoms with van der Waals surface area (Å²) in [4.78, 5) is 26.9. The second-order valence-electron chi connectivity index (χ2n) is 7.14. The molecule has 0 radical (unpaired) electrons. The molecule has 174 valence electrons. The highest BCUT2D eigenvalue weighted by Gasteiger charge is 2.31. The third-order valence-electron chi connectivity index (χ3n) is 4.95. The highest BCUT2D eigenvalue weighted by molar-refractivity contribution is 6.00. The van der Waals surface area contributed by atoms with Gasteiger partial charge in [-0.05, 0) is 31.5 Å². The average molecular weight is 460 g/mol. The van der Waals surface area contributed by atoms with Crippen LogP contribution in [-0.2, 0) is 6.18 Å². The highest BCUT2D eigenvalue weighted by Crippen LogP contribution is 2.29. The summed E-state index contributed by atoms with van der Waals surface area (Å²) in [6.45, 7) is 4.09. The monoisotopic (exact) mass is 460 g/mol. The van der Waals surface area contributed by atoms with Crippen molar-refractivity contribution in [2.45, 2.75) is 26.1 Å². The van der Waals surface area contributed by atoms with E-state index in [9.17, 15) is 18.0 Å². The number of benzene rings is 1. The smallest absolute Gasteiger partial charge is 0.417 e. The first-order valence-electron chi connectivity index (χ1n) is 10.2. The summed E-state index contributed by atoms with van der Waals surface area (Å²) in [7, 11) is 1.47. The fourth-order valence-electron chi connectivity index (χ4n) is 3.22. The first-order chi connectivity index (χ1) is 15.7. The number of aromatic nitrogens is 3. The van der Waals surface area contributed by atoms with E-state index in [1.807, 2.05) is 13.0 Å². The Morgan fingerprint density at radius 2 is 1.76 bits per heavy atom. The summed E-state index contributed by atoms with van der Waals surface area (Å²) in [5, 5.41) is 0. The summed E-state index contributed by atoms with van der Waals surface area (Å²) in [6.07, 6.45) is -0.587. The molecule has 0 fully saturated rings. The normalized spacial score (nSPS) is 12.2. The number of nitrogens with zero attached hydrogens (tertiary/aromatic N) is 4. The van der Waals surface area contributed by atoms with E-state index in [2.05, 4.69) is 15.0 Å². The first-order valence-corrected chi connectivity index (χ1v) is 10.2. The number of likely N-dealkylation sites (N-methyl/N-ethyl adjacent to an activating group) is 1. The largest absolute Gasteiger partial charge is 0.475 e. The van der Waals surface area contributed by atoms with Gasteiger partial charge in [0.25, 0.3) is 5.91 Å². The van der Waals surface area contributed by atoms with Gasteiger partial charge in [-0.15, -0.1) is 0 Å². The van der Waals surface area contributed by atoms with Crippen molar-refractivity contribution >= 4 is 5.91 Å². The van der Waals surface area contributed by atoms with E-state index in [0.717, 1.165) is 18.3 Å². The molecule has 10 heteroatoms. The van der Waals surface area contributed by atoms with E-state index in [4.69, 9.17) is 9.47 Å². The standard InChI is InChI=1S/C23H23F3N4O3/c1-4-30(15(2)14-33-20-10-9-17(13-27-20)23(24,25)26)21(31)19-8-6-5-7-18(19)16-11-28-22(32-3)29-12-16/h5-13,15H,4,14H2,1-3H3/t15-/m0/s1. The van der Waals surface area contributed by atoms with Crippen LogP contribution in [0.3, 0.4) is 0 Å². The Kier molecular flexibility index (Phi) is 7.47. The lowest BCUT2D eigenvalue weighted by Gasteiger charge is -2.28. The number of hydrogen-bond donors (Lipinski definition) is 0. The summed E-state index contributed by atoms with van der Waals surface area (Å²) >= 11 is 0. The second-order valence-corrected chi connectivity index (χ2v) is 7.14. The molecule has 0 aliphatic carbocycles. The molecule has 0 N–H and O–H groups in total. The van der Waals surface area contributed by atoms with Gasteiger partial charge in [0.1, 0.15) is 6.61 Å². The molecule has 33 heavy (non-hydrogen) atoms. The van der Waals surface area contributed by atoms with Gasteiger partial charge < -0.3 is 14.4 Å². The fraction of sp³-hybridized carbons (Fsp3) is 0.304. The van der Waals surface area contributed by atoms with E-state index >= 15 is 0 Å². The van der Waals surface area contributed by atoms with Crippen LogP contribution in [0.25, 0.3) is 11.1 Å². The van der Waals surface area contributed by atoms with Gasteiger partial charge in [-0.2, -0.15) is 13.2 Å². The predicted molar refractivity (Wildman–Crippen MR) is 115 cm³/mol. The van der Waals surface area contributed by atoms with E-state index in [1.54, 1.807) is 42.4 Å². The SMILES string of the molecule is CCN(C(=O)c1ccccc1-c1cnc(OC)nc1)[C@@H](C)COc1ccc(C(F)(F)F)cn1. The maximum absolute atomic E-state index is 13.4. The van der Waals surface area contributed by atoms with Crippen LogP contribution in [0.4, 0.5) is 13.2 Å². The van der Waals surface area contributed by atoms with Crippen molar-refractivity contribution in [1.82, 2.24) is 19.9 Å². The van der Waals surface area contributed by atoms with E-state index in [-0.39, 0.29) is 30.4 Å². The van der Waals surface area contributed by atoms with Gasteiger partial charge in [0.05, 0.1) is 18.7 Å². The number of halogens is 3. The third kappa shape index (κ3) is 5.76. The Hall–Kier alpha value is -3.69. The van der Waals surface area contributed by atoms with Gasteiger partial charge in [-0.25, -0.2) is 15.0 Å². The summed E-state index contributed by atoms with van der Waals surface area (Å²) < 4.78 is 48.6. The number of carbonyl (C=O) groups excluding carboxylic acids is 1. The number of rotatable bonds is 8. The molecule has 0 unspecified atom stereocenters. The third-order valence-corrected chi connectivity index (χ3v) is 4.95. The van der Waals surface area contributed by atoms with Gasteiger partial charge in [0.15, 0.2) is 0 Å². The van der Waals surface area contributed by atoms with Crippen molar-refractivity contribution in [2.75, 3.05) is 20.3 Å². The second kappa shape index (κ2) is 10.3. The number of amides is 1. The number of methoxy groups -OCH3 is 1. The molecule has 0 aliphatic heterocycles. The van der Waals surface area contributed by atoms with Crippen molar-refractivity contribution in [2.24, 2.45) is 0 Å². The zero-order valence-electron chi connectivity index (χ0n) is 18.3. The van der Waals surface area contributed by atoms with E-state index in [1.165, 1.54) is 7.11 Å². The van der Waals surface area contributed by atoms with Crippen LogP contribution in [0.15, 0.2) is 55.0 Å². The Morgan fingerprint density at radius 1 is 1.06 bits per heavy atom. The lowest BCUT2D eigenvalue weighted by molar-refractivity contribution is -0.137. The van der Waals surface area contributed by atoms with Crippen molar-refractivity contribution in [3.63, 3.8) is 0 Å². The molecule has 0 spiro atoms. The summed E-state index contributed by atoms with van der Waals surface area (Å²) in [6, 6.07) is 9.02. The molecule has 1 amide bonds. The number of carbonyl (C=O) groups is 1. The van der Waals surface area contributed by atoms with Crippen LogP contribution < -0.4 is 9.47 Å². The lowest BCUT2D eigenvalue weighted by atomic mass is 10.0. The number of ether oxygens (including phenoxy) is 2. The molecule has 1 atom stereocenters.